The number of benzene rings is 1. The fraction of sp³-hybridized carbons (Fsp3) is 0.562. The summed E-state index contributed by atoms with van der Waals surface area (Å²) in [5, 5.41) is 2.87. The molecule has 24 heavy (non-hydrogen) atoms. The first-order valence-electron chi connectivity index (χ1n) is 8.03. The van der Waals surface area contributed by atoms with Crippen LogP contribution in [-0.4, -0.2) is 26.1 Å². The van der Waals surface area contributed by atoms with Gasteiger partial charge in [-0.25, -0.2) is 17.2 Å². The van der Waals surface area contributed by atoms with E-state index >= 15 is 0 Å². The zero-order valence-corrected chi connectivity index (χ0v) is 14.3. The fourth-order valence-corrected chi connectivity index (χ4v) is 4.17. The van der Waals surface area contributed by atoms with Gasteiger partial charge in [-0.3, -0.25) is 9.52 Å². The van der Waals surface area contributed by atoms with Crippen LogP contribution in [0.1, 0.15) is 39.0 Å². The monoisotopic (exact) mass is 360 g/mol. The van der Waals surface area contributed by atoms with Crippen molar-refractivity contribution in [3.8, 4) is 0 Å². The Bertz CT molecular complexity index is 689. The number of carbonyl (C=O) groups is 1. The van der Waals surface area contributed by atoms with Gasteiger partial charge in [-0.2, -0.15) is 0 Å². The summed E-state index contributed by atoms with van der Waals surface area (Å²) in [7, 11) is -3.93. The maximum Gasteiger partial charge on any atom is 0.233 e. The number of amides is 1. The highest BCUT2D eigenvalue weighted by Crippen LogP contribution is 2.19. The Hall–Kier alpha value is -1.70. The van der Waals surface area contributed by atoms with Gasteiger partial charge in [-0.1, -0.05) is 26.2 Å². The molecule has 2 rings (SSSR count). The van der Waals surface area contributed by atoms with Crippen molar-refractivity contribution < 1.29 is 22.0 Å². The topological polar surface area (TPSA) is 75.3 Å². The number of sulfonamides is 1. The van der Waals surface area contributed by atoms with Crippen molar-refractivity contribution in [1.82, 2.24) is 5.32 Å². The number of hydrogen-bond acceptors (Lipinski definition) is 3. The molecule has 0 saturated heterocycles. The predicted molar refractivity (Wildman–Crippen MR) is 87.9 cm³/mol. The van der Waals surface area contributed by atoms with Gasteiger partial charge in [-0.05, 0) is 25.0 Å². The van der Waals surface area contributed by atoms with Gasteiger partial charge in [0.05, 0.1) is 17.4 Å². The van der Waals surface area contributed by atoms with Crippen LogP contribution in [0.15, 0.2) is 18.2 Å². The van der Waals surface area contributed by atoms with Crippen molar-refractivity contribution in [3.63, 3.8) is 0 Å². The van der Waals surface area contributed by atoms with E-state index in [2.05, 4.69) is 10.0 Å². The molecule has 2 N–H and O–H groups in total. The summed E-state index contributed by atoms with van der Waals surface area (Å²) in [4.78, 5) is 12.1. The molecule has 134 valence electrons. The van der Waals surface area contributed by atoms with Crippen LogP contribution in [0.3, 0.4) is 0 Å². The minimum Gasteiger partial charge on any atom is -0.353 e. The van der Waals surface area contributed by atoms with Crippen molar-refractivity contribution in [2.45, 2.75) is 45.1 Å². The average Bonchev–Trinajstić information content (AvgIpc) is 2.50. The van der Waals surface area contributed by atoms with E-state index in [1.54, 1.807) is 0 Å². The Morgan fingerprint density at radius 3 is 2.54 bits per heavy atom. The van der Waals surface area contributed by atoms with Gasteiger partial charge in [0.15, 0.2) is 0 Å². The van der Waals surface area contributed by atoms with Crippen molar-refractivity contribution >= 4 is 21.6 Å². The SMILES string of the molecule is CC(CS(=O)(=O)Nc1ccc(F)cc1F)C(=O)NC1CCCCC1. The van der Waals surface area contributed by atoms with Crippen LogP contribution >= 0.6 is 0 Å². The normalized spacial score (nSPS) is 17.3. The van der Waals surface area contributed by atoms with Gasteiger partial charge in [0.1, 0.15) is 11.6 Å². The first kappa shape index (κ1) is 18.6. The maximum absolute atomic E-state index is 13.5. The molecule has 0 aromatic heterocycles. The number of anilines is 1. The summed E-state index contributed by atoms with van der Waals surface area (Å²) in [5.41, 5.74) is -0.337. The summed E-state index contributed by atoms with van der Waals surface area (Å²) < 4.78 is 52.6. The van der Waals surface area contributed by atoms with E-state index in [0.29, 0.717) is 6.07 Å². The molecule has 0 aliphatic heterocycles. The third kappa shape index (κ3) is 5.43. The third-order valence-corrected chi connectivity index (χ3v) is 5.53. The molecule has 0 bridgehead atoms. The second kappa shape index (κ2) is 7.92. The van der Waals surface area contributed by atoms with Gasteiger partial charge in [0.25, 0.3) is 0 Å². The smallest absolute Gasteiger partial charge is 0.233 e. The van der Waals surface area contributed by atoms with Gasteiger partial charge in [-0.15, -0.1) is 0 Å². The Morgan fingerprint density at radius 2 is 1.92 bits per heavy atom. The van der Waals surface area contributed by atoms with E-state index in [0.717, 1.165) is 44.2 Å². The minimum atomic E-state index is -3.93. The number of halogens is 2. The van der Waals surface area contributed by atoms with Gasteiger partial charge < -0.3 is 5.32 Å². The lowest BCUT2D eigenvalue weighted by atomic mass is 9.95. The molecule has 1 aromatic rings. The van der Waals surface area contributed by atoms with Crippen LogP contribution in [0.2, 0.25) is 0 Å². The quantitative estimate of drug-likeness (QED) is 0.819. The highest BCUT2D eigenvalue weighted by molar-refractivity contribution is 7.92. The Labute approximate surface area is 140 Å². The highest BCUT2D eigenvalue weighted by Gasteiger charge is 2.25. The first-order chi connectivity index (χ1) is 11.3. The van der Waals surface area contributed by atoms with Crippen LogP contribution in [0.25, 0.3) is 0 Å². The van der Waals surface area contributed by atoms with E-state index < -0.39 is 33.3 Å². The van der Waals surface area contributed by atoms with Crippen molar-refractivity contribution in [2.75, 3.05) is 10.5 Å². The van der Waals surface area contributed by atoms with E-state index in [1.807, 2.05) is 0 Å². The van der Waals surface area contributed by atoms with E-state index in [4.69, 9.17) is 0 Å². The zero-order valence-electron chi connectivity index (χ0n) is 13.5. The highest BCUT2D eigenvalue weighted by atomic mass is 32.2. The van der Waals surface area contributed by atoms with Crippen LogP contribution in [-0.2, 0) is 14.8 Å². The van der Waals surface area contributed by atoms with Gasteiger partial charge >= 0.3 is 0 Å². The number of rotatable bonds is 6. The molecule has 1 fully saturated rings. The number of hydrogen-bond donors (Lipinski definition) is 2. The van der Waals surface area contributed by atoms with E-state index in [9.17, 15) is 22.0 Å². The molecule has 8 heteroatoms. The van der Waals surface area contributed by atoms with E-state index in [-0.39, 0.29) is 17.6 Å². The second-order valence-electron chi connectivity index (χ2n) is 6.25. The molecule has 1 aromatic carbocycles. The van der Waals surface area contributed by atoms with E-state index in [1.165, 1.54) is 6.92 Å². The average molecular weight is 360 g/mol. The molecule has 0 spiro atoms. The van der Waals surface area contributed by atoms with Crippen LogP contribution in [0, 0.1) is 17.6 Å². The molecule has 0 heterocycles. The molecule has 1 atom stereocenters. The molecular weight excluding hydrogens is 338 g/mol. The lowest BCUT2D eigenvalue weighted by molar-refractivity contribution is -0.124. The molecule has 5 nitrogen and oxygen atoms in total. The minimum absolute atomic E-state index is 0.0962. The lowest BCUT2D eigenvalue weighted by Gasteiger charge is -2.24. The maximum atomic E-state index is 13.5. The Morgan fingerprint density at radius 1 is 1.25 bits per heavy atom. The summed E-state index contributed by atoms with van der Waals surface area (Å²) in [6.45, 7) is 1.51. The molecule has 1 aliphatic rings. The summed E-state index contributed by atoms with van der Waals surface area (Å²) in [5.74, 6) is -3.36. The van der Waals surface area contributed by atoms with Crippen LogP contribution in [0.4, 0.5) is 14.5 Å². The molecule has 1 saturated carbocycles. The van der Waals surface area contributed by atoms with Gasteiger partial charge in [0.2, 0.25) is 15.9 Å². The van der Waals surface area contributed by atoms with Crippen LogP contribution in [0.5, 0.6) is 0 Å². The second-order valence-corrected chi connectivity index (χ2v) is 8.02. The third-order valence-electron chi connectivity index (χ3n) is 4.07. The summed E-state index contributed by atoms with van der Waals surface area (Å²) >= 11 is 0. The predicted octanol–water partition coefficient (Wildman–Crippen LogP) is 2.79. The summed E-state index contributed by atoms with van der Waals surface area (Å²) in [6.07, 6.45) is 5.09. The number of carbonyl (C=O) groups excluding carboxylic acids is 1. The summed E-state index contributed by atoms with van der Waals surface area (Å²) in [6, 6.07) is 2.66. The molecule has 1 unspecified atom stereocenters. The molecule has 0 radical (unpaired) electrons. The molecule has 1 aliphatic carbocycles. The zero-order chi connectivity index (χ0) is 17.7. The fourth-order valence-electron chi connectivity index (χ4n) is 2.78. The molecular formula is C16H22F2N2O3S. The van der Waals surface area contributed by atoms with Gasteiger partial charge in [0, 0.05) is 12.1 Å². The number of nitrogens with one attached hydrogen (secondary N) is 2. The van der Waals surface area contributed by atoms with Crippen LogP contribution < -0.4 is 10.0 Å². The Kier molecular flexibility index (Phi) is 6.15. The standard InChI is InChI=1S/C16H22F2N2O3S/c1-11(16(21)19-13-5-3-2-4-6-13)10-24(22,23)20-15-8-7-12(17)9-14(15)18/h7-9,11,13,20H,2-6,10H2,1H3,(H,19,21). The first-order valence-corrected chi connectivity index (χ1v) is 9.68. The van der Waals surface area contributed by atoms with Crippen molar-refractivity contribution in [3.05, 3.63) is 29.8 Å². The van der Waals surface area contributed by atoms with Crippen molar-refractivity contribution in [2.24, 2.45) is 5.92 Å². The molecule has 1 amide bonds. The Balaban J connectivity index is 1.93. The van der Waals surface area contributed by atoms with Crippen molar-refractivity contribution in [1.29, 1.82) is 0 Å². The largest absolute Gasteiger partial charge is 0.353 e. The lowest BCUT2D eigenvalue weighted by Crippen LogP contribution is -2.41.